The number of carboxylic acids is 1. The number of carbonyl (C=O) groups is 2. The molecule has 2 unspecified atom stereocenters. The third-order valence-corrected chi connectivity index (χ3v) is 4.50. The summed E-state index contributed by atoms with van der Waals surface area (Å²) < 4.78 is 0. The number of carbonyl (C=O) groups excluding carboxylic acids is 1. The highest BCUT2D eigenvalue weighted by molar-refractivity contribution is 7.15. The van der Waals surface area contributed by atoms with Gasteiger partial charge in [0, 0.05) is 23.9 Å². The predicted octanol–water partition coefficient (Wildman–Crippen LogP) is 2.29. The van der Waals surface area contributed by atoms with Gasteiger partial charge in [-0.1, -0.05) is 25.2 Å². The van der Waals surface area contributed by atoms with E-state index in [2.05, 4.69) is 0 Å². The molecule has 1 aliphatic rings. The fourth-order valence-corrected chi connectivity index (χ4v) is 3.57. The molecule has 0 aromatic carbocycles. The number of nitro groups is 1. The summed E-state index contributed by atoms with van der Waals surface area (Å²) in [4.78, 5) is 35.9. The highest BCUT2D eigenvalue weighted by atomic mass is 32.1. The van der Waals surface area contributed by atoms with Crippen molar-refractivity contribution in [3.05, 3.63) is 27.1 Å². The third-order valence-electron chi connectivity index (χ3n) is 3.39. The molecule has 1 aromatic heterocycles. The predicted molar refractivity (Wildman–Crippen MR) is 76.0 cm³/mol. The van der Waals surface area contributed by atoms with Crippen LogP contribution in [0.15, 0.2) is 12.1 Å². The summed E-state index contributed by atoms with van der Waals surface area (Å²) in [7, 11) is 0. The number of hydrogen-bond donors (Lipinski definition) is 1. The third kappa shape index (κ3) is 3.05. The number of rotatable bonds is 5. The first-order valence-electron chi connectivity index (χ1n) is 6.57. The molecule has 0 aliphatic carbocycles. The molecule has 0 radical (unpaired) electrons. The SMILES string of the molecule is CC(C)CN1C(=O)CC(C(=O)O)C1c1ccc([N+](=O)[O-])s1. The van der Waals surface area contributed by atoms with Crippen LogP contribution in [0, 0.1) is 22.0 Å². The number of thiophene rings is 1. The van der Waals surface area contributed by atoms with E-state index in [0.29, 0.717) is 11.4 Å². The quantitative estimate of drug-likeness (QED) is 0.664. The molecule has 1 aliphatic heterocycles. The maximum absolute atomic E-state index is 12.1. The molecule has 0 saturated carbocycles. The molecule has 1 N–H and O–H groups in total. The van der Waals surface area contributed by atoms with E-state index in [1.165, 1.54) is 6.07 Å². The zero-order valence-corrected chi connectivity index (χ0v) is 12.5. The molecule has 114 valence electrons. The second-order valence-corrected chi connectivity index (χ2v) is 6.56. The molecule has 1 amide bonds. The van der Waals surface area contributed by atoms with Gasteiger partial charge in [0.15, 0.2) is 0 Å². The van der Waals surface area contributed by atoms with Gasteiger partial charge in [0.25, 0.3) is 0 Å². The van der Waals surface area contributed by atoms with Gasteiger partial charge < -0.3 is 10.0 Å². The Labute approximate surface area is 125 Å². The molecule has 2 atom stereocenters. The summed E-state index contributed by atoms with van der Waals surface area (Å²) in [5.41, 5.74) is 0. The van der Waals surface area contributed by atoms with Crippen molar-refractivity contribution in [3.63, 3.8) is 0 Å². The van der Waals surface area contributed by atoms with Gasteiger partial charge >= 0.3 is 11.0 Å². The van der Waals surface area contributed by atoms with Crippen LogP contribution < -0.4 is 0 Å². The van der Waals surface area contributed by atoms with E-state index in [-0.39, 0.29) is 23.2 Å². The fraction of sp³-hybridized carbons (Fsp3) is 0.538. The van der Waals surface area contributed by atoms with Gasteiger partial charge in [0.2, 0.25) is 5.91 Å². The van der Waals surface area contributed by atoms with E-state index < -0.39 is 22.9 Å². The maximum atomic E-state index is 12.1. The van der Waals surface area contributed by atoms with Crippen molar-refractivity contribution < 1.29 is 19.6 Å². The van der Waals surface area contributed by atoms with Crippen LogP contribution in [-0.2, 0) is 9.59 Å². The molecule has 2 heterocycles. The lowest BCUT2D eigenvalue weighted by atomic mass is 9.99. The van der Waals surface area contributed by atoms with E-state index in [0.717, 1.165) is 11.3 Å². The summed E-state index contributed by atoms with van der Waals surface area (Å²) >= 11 is 0.936. The van der Waals surface area contributed by atoms with Crippen molar-refractivity contribution in [3.8, 4) is 0 Å². The maximum Gasteiger partial charge on any atom is 0.324 e. The van der Waals surface area contributed by atoms with Crippen LogP contribution in [-0.4, -0.2) is 33.4 Å². The van der Waals surface area contributed by atoms with Gasteiger partial charge in [-0.05, 0) is 12.0 Å². The number of likely N-dealkylation sites (tertiary alicyclic amines) is 1. The largest absolute Gasteiger partial charge is 0.481 e. The lowest BCUT2D eigenvalue weighted by Gasteiger charge is -2.27. The highest BCUT2D eigenvalue weighted by Crippen LogP contribution is 2.42. The Balaban J connectivity index is 2.38. The average Bonchev–Trinajstić information content (AvgIpc) is 2.95. The monoisotopic (exact) mass is 312 g/mol. The topological polar surface area (TPSA) is 101 Å². The number of carboxylic acid groups (broad SMARTS) is 1. The van der Waals surface area contributed by atoms with Crippen LogP contribution in [0.5, 0.6) is 0 Å². The first-order chi connectivity index (χ1) is 9.81. The Bertz CT molecular complexity index is 583. The van der Waals surface area contributed by atoms with E-state index >= 15 is 0 Å². The molecule has 0 bridgehead atoms. The second kappa shape index (κ2) is 5.80. The first-order valence-corrected chi connectivity index (χ1v) is 7.39. The summed E-state index contributed by atoms with van der Waals surface area (Å²) in [6, 6.07) is 2.29. The van der Waals surface area contributed by atoms with Gasteiger partial charge in [0.05, 0.1) is 16.9 Å². The number of aliphatic carboxylic acids is 1. The number of nitrogens with zero attached hydrogens (tertiary/aromatic N) is 2. The Hall–Kier alpha value is -1.96. The highest BCUT2D eigenvalue weighted by Gasteiger charge is 2.45. The van der Waals surface area contributed by atoms with Gasteiger partial charge in [-0.15, -0.1) is 0 Å². The van der Waals surface area contributed by atoms with Gasteiger partial charge in [-0.25, -0.2) is 0 Å². The Kier molecular flexibility index (Phi) is 4.26. The van der Waals surface area contributed by atoms with Crippen molar-refractivity contribution in [2.45, 2.75) is 26.3 Å². The van der Waals surface area contributed by atoms with E-state index in [4.69, 9.17) is 0 Å². The van der Waals surface area contributed by atoms with E-state index in [1.807, 2.05) is 13.8 Å². The molecule has 0 spiro atoms. The molecule has 1 saturated heterocycles. The van der Waals surface area contributed by atoms with E-state index in [1.54, 1.807) is 11.0 Å². The van der Waals surface area contributed by atoms with Crippen molar-refractivity contribution >= 4 is 28.2 Å². The summed E-state index contributed by atoms with van der Waals surface area (Å²) in [5, 5.41) is 20.1. The van der Waals surface area contributed by atoms with Crippen molar-refractivity contribution in [2.24, 2.45) is 11.8 Å². The summed E-state index contributed by atoms with van der Waals surface area (Å²) in [6.07, 6.45) is -0.0571. The Morgan fingerprint density at radius 1 is 1.57 bits per heavy atom. The molecular formula is C13H16N2O5S. The zero-order valence-electron chi connectivity index (χ0n) is 11.7. The Morgan fingerprint density at radius 3 is 2.71 bits per heavy atom. The minimum Gasteiger partial charge on any atom is -0.481 e. The first kappa shape index (κ1) is 15.4. The van der Waals surface area contributed by atoms with Crippen LogP contribution in [0.25, 0.3) is 0 Å². The minimum absolute atomic E-state index is 0.0435. The normalized spacial score (nSPS) is 22.0. The van der Waals surface area contributed by atoms with Crippen molar-refractivity contribution in [2.75, 3.05) is 6.54 Å². The second-order valence-electron chi connectivity index (χ2n) is 5.47. The zero-order chi connectivity index (χ0) is 15.7. The average molecular weight is 312 g/mol. The number of amides is 1. The standard InChI is InChI=1S/C13H16N2O5S/c1-7(2)6-14-10(16)5-8(13(17)18)12(14)9-3-4-11(21-9)15(19)20/h3-4,7-8,12H,5-6H2,1-2H3,(H,17,18). The van der Waals surface area contributed by atoms with Crippen LogP contribution >= 0.6 is 11.3 Å². The number of hydrogen-bond acceptors (Lipinski definition) is 5. The molecule has 2 rings (SSSR count). The van der Waals surface area contributed by atoms with Crippen LogP contribution in [0.4, 0.5) is 5.00 Å². The summed E-state index contributed by atoms with van der Waals surface area (Å²) in [6.45, 7) is 4.32. The molecular weight excluding hydrogens is 296 g/mol. The fourth-order valence-electron chi connectivity index (χ4n) is 2.57. The molecule has 21 heavy (non-hydrogen) atoms. The molecule has 8 heteroatoms. The minimum atomic E-state index is -1.05. The molecule has 1 aromatic rings. The van der Waals surface area contributed by atoms with Gasteiger partial charge in [-0.2, -0.15) is 0 Å². The summed E-state index contributed by atoms with van der Waals surface area (Å²) in [5.74, 6) is -1.92. The molecule has 7 nitrogen and oxygen atoms in total. The Morgan fingerprint density at radius 2 is 2.24 bits per heavy atom. The van der Waals surface area contributed by atoms with Crippen molar-refractivity contribution in [1.82, 2.24) is 4.90 Å². The molecule has 1 fully saturated rings. The van der Waals surface area contributed by atoms with Gasteiger partial charge in [0.1, 0.15) is 0 Å². The lowest BCUT2D eigenvalue weighted by molar-refractivity contribution is -0.380. The van der Waals surface area contributed by atoms with Crippen LogP contribution in [0.3, 0.4) is 0 Å². The van der Waals surface area contributed by atoms with Gasteiger partial charge in [-0.3, -0.25) is 19.7 Å². The van der Waals surface area contributed by atoms with E-state index in [9.17, 15) is 24.8 Å². The van der Waals surface area contributed by atoms with Crippen LogP contribution in [0.1, 0.15) is 31.2 Å². The van der Waals surface area contributed by atoms with Crippen molar-refractivity contribution in [1.29, 1.82) is 0 Å². The lowest BCUT2D eigenvalue weighted by Crippen LogP contribution is -2.33. The van der Waals surface area contributed by atoms with Crippen LogP contribution in [0.2, 0.25) is 0 Å². The smallest absolute Gasteiger partial charge is 0.324 e.